The van der Waals surface area contributed by atoms with Crippen LogP contribution in [-0.2, 0) is 11.2 Å². The van der Waals surface area contributed by atoms with Gasteiger partial charge in [0.1, 0.15) is 0 Å². The van der Waals surface area contributed by atoms with E-state index in [2.05, 4.69) is 28.6 Å². The van der Waals surface area contributed by atoms with Crippen molar-refractivity contribution in [2.45, 2.75) is 25.8 Å². The van der Waals surface area contributed by atoms with Gasteiger partial charge in [0.2, 0.25) is 5.91 Å². The molecular formula is C21H25N3O. The summed E-state index contributed by atoms with van der Waals surface area (Å²) < 4.78 is 0. The largest absolute Gasteiger partial charge is 0.361 e. The van der Waals surface area contributed by atoms with Gasteiger partial charge >= 0.3 is 0 Å². The summed E-state index contributed by atoms with van der Waals surface area (Å²) in [5, 5.41) is 4.27. The molecular weight excluding hydrogens is 310 g/mol. The number of rotatable bonds is 7. The van der Waals surface area contributed by atoms with E-state index in [1.807, 2.05) is 49.4 Å². The monoisotopic (exact) mass is 335 g/mol. The number of para-hydroxylation sites is 1. The number of hydrogen-bond donors (Lipinski definition) is 3. The average molecular weight is 335 g/mol. The van der Waals surface area contributed by atoms with Crippen molar-refractivity contribution in [3.05, 3.63) is 71.9 Å². The van der Waals surface area contributed by atoms with Crippen molar-refractivity contribution in [3.63, 3.8) is 0 Å². The lowest BCUT2D eigenvalue weighted by molar-refractivity contribution is -0.125. The number of H-pyrrole nitrogens is 1. The number of hydrogen-bond acceptors (Lipinski definition) is 2. The molecule has 1 aromatic heterocycles. The van der Waals surface area contributed by atoms with E-state index in [0.29, 0.717) is 6.54 Å². The molecule has 0 saturated carbocycles. The SMILES string of the molecule is CC(C(=O)NCCCc1c[nH]c2ccccc12)C(N)c1ccccc1. The Morgan fingerprint density at radius 1 is 1.12 bits per heavy atom. The minimum absolute atomic E-state index is 0.00952. The number of carbonyl (C=O) groups is 1. The van der Waals surface area contributed by atoms with Crippen LogP contribution in [0.5, 0.6) is 0 Å². The zero-order valence-electron chi connectivity index (χ0n) is 14.5. The molecule has 4 heteroatoms. The number of aromatic nitrogens is 1. The molecule has 0 aliphatic rings. The molecule has 0 bridgehead atoms. The van der Waals surface area contributed by atoms with E-state index in [9.17, 15) is 4.79 Å². The number of fused-ring (bicyclic) bond motifs is 1. The van der Waals surface area contributed by atoms with Gasteiger partial charge in [-0.15, -0.1) is 0 Å². The smallest absolute Gasteiger partial charge is 0.224 e. The van der Waals surface area contributed by atoms with Crippen molar-refractivity contribution in [1.29, 1.82) is 0 Å². The fourth-order valence-electron chi connectivity index (χ4n) is 3.12. The van der Waals surface area contributed by atoms with Crippen molar-refractivity contribution in [2.75, 3.05) is 6.54 Å². The Balaban J connectivity index is 1.47. The van der Waals surface area contributed by atoms with Crippen molar-refractivity contribution < 1.29 is 4.79 Å². The van der Waals surface area contributed by atoms with Gasteiger partial charge in [0.15, 0.2) is 0 Å². The molecule has 0 saturated heterocycles. The maximum Gasteiger partial charge on any atom is 0.224 e. The van der Waals surface area contributed by atoms with Crippen LogP contribution >= 0.6 is 0 Å². The first-order valence-corrected chi connectivity index (χ1v) is 8.80. The Bertz CT molecular complexity index is 825. The Kier molecular flexibility index (Phi) is 5.51. The van der Waals surface area contributed by atoms with Crippen LogP contribution in [0.4, 0.5) is 0 Å². The van der Waals surface area contributed by atoms with Crippen molar-refractivity contribution in [1.82, 2.24) is 10.3 Å². The molecule has 0 fully saturated rings. The summed E-state index contributed by atoms with van der Waals surface area (Å²) in [5.74, 6) is -0.245. The van der Waals surface area contributed by atoms with Gasteiger partial charge in [-0.2, -0.15) is 0 Å². The summed E-state index contributed by atoms with van der Waals surface area (Å²) in [6.45, 7) is 2.54. The molecule has 3 rings (SSSR count). The molecule has 3 aromatic rings. The summed E-state index contributed by atoms with van der Waals surface area (Å²) in [6.07, 6.45) is 3.89. The minimum Gasteiger partial charge on any atom is -0.361 e. The average Bonchev–Trinajstić information content (AvgIpc) is 3.07. The normalized spacial score (nSPS) is 13.5. The quantitative estimate of drug-likeness (QED) is 0.578. The third kappa shape index (κ3) is 4.09. The number of carbonyl (C=O) groups excluding carboxylic acids is 1. The predicted molar refractivity (Wildman–Crippen MR) is 102 cm³/mol. The first kappa shape index (κ1) is 17.2. The van der Waals surface area contributed by atoms with Gasteiger partial charge in [0.25, 0.3) is 0 Å². The van der Waals surface area contributed by atoms with Gasteiger partial charge in [0.05, 0.1) is 5.92 Å². The Labute approximate surface area is 148 Å². The molecule has 0 radical (unpaired) electrons. The molecule has 2 aromatic carbocycles. The number of amides is 1. The zero-order valence-corrected chi connectivity index (χ0v) is 14.5. The van der Waals surface area contributed by atoms with Crippen LogP contribution in [-0.4, -0.2) is 17.4 Å². The summed E-state index contributed by atoms with van der Waals surface area (Å²) in [7, 11) is 0. The third-order valence-electron chi connectivity index (χ3n) is 4.73. The van der Waals surface area contributed by atoms with E-state index >= 15 is 0 Å². The standard InChI is InChI=1S/C21H25N3O/c1-15(20(22)16-8-3-2-4-9-16)21(25)23-13-7-10-17-14-24-19-12-6-5-11-18(17)19/h2-6,8-9,11-12,14-15,20,24H,7,10,13,22H2,1H3,(H,23,25). The van der Waals surface area contributed by atoms with Gasteiger partial charge in [-0.3, -0.25) is 4.79 Å². The van der Waals surface area contributed by atoms with Gasteiger partial charge in [-0.25, -0.2) is 0 Å². The number of aryl methyl sites for hydroxylation is 1. The minimum atomic E-state index is -0.283. The molecule has 1 heterocycles. The van der Waals surface area contributed by atoms with E-state index < -0.39 is 0 Å². The molecule has 25 heavy (non-hydrogen) atoms. The van der Waals surface area contributed by atoms with Crippen LogP contribution in [0.2, 0.25) is 0 Å². The summed E-state index contributed by atoms with van der Waals surface area (Å²) in [4.78, 5) is 15.6. The van der Waals surface area contributed by atoms with E-state index in [-0.39, 0.29) is 17.9 Å². The highest BCUT2D eigenvalue weighted by molar-refractivity contribution is 5.83. The molecule has 1 amide bonds. The zero-order chi connectivity index (χ0) is 17.6. The maximum atomic E-state index is 12.3. The Hall–Kier alpha value is -2.59. The fourth-order valence-corrected chi connectivity index (χ4v) is 3.12. The van der Waals surface area contributed by atoms with Gasteiger partial charge in [0, 0.05) is 29.7 Å². The van der Waals surface area contributed by atoms with Crippen LogP contribution in [0.15, 0.2) is 60.8 Å². The van der Waals surface area contributed by atoms with Crippen molar-refractivity contribution in [3.8, 4) is 0 Å². The van der Waals surface area contributed by atoms with Crippen molar-refractivity contribution >= 4 is 16.8 Å². The topological polar surface area (TPSA) is 70.9 Å². The summed E-state index contributed by atoms with van der Waals surface area (Å²) in [6, 6.07) is 17.8. The van der Waals surface area contributed by atoms with Gasteiger partial charge in [-0.1, -0.05) is 55.5 Å². The lowest BCUT2D eigenvalue weighted by atomic mass is 9.94. The van der Waals surface area contributed by atoms with E-state index in [0.717, 1.165) is 23.9 Å². The Morgan fingerprint density at radius 3 is 2.64 bits per heavy atom. The number of nitrogens with two attached hydrogens (primary N) is 1. The highest BCUT2D eigenvalue weighted by atomic mass is 16.1. The number of nitrogens with one attached hydrogen (secondary N) is 2. The van der Waals surface area contributed by atoms with E-state index in [1.54, 1.807) is 0 Å². The predicted octanol–water partition coefficient (Wildman–Crippen LogP) is 3.55. The second-order valence-electron chi connectivity index (χ2n) is 6.48. The number of benzene rings is 2. The lowest BCUT2D eigenvalue weighted by Gasteiger charge is -2.19. The highest BCUT2D eigenvalue weighted by Crippen LogP contribution is 2.20. The highest BCUT2D eigenvalue weighted by Gasteiger charge is 2.21. The van der Waals surface area contributed by atoms with Gasteiger partial charge < -0.3 is 16.0 Å². The van der Waals surface area contributed by atoms with Crippen molar-refractivity contribution in [2.24, 2.45) is 11.7 Å². The first-order chi connectivity index (χ1) is 12.2. The molecule has 130 valence electrons. The van der Waals surface area contributed by atoms with E-state index in [1.165, 1.54) is 10.9 Å². The van der Waals surface area contributed by atoms with Crippen LogP contribution in [0, 0.1) is 5.92 Å². The molecule has 4 N–H and O–H groups in total. The van der Waals surface area contributed by atoms with Crippen LogP contribution in [0.25, 0.3) is 10.9 Å². The van der Waals surface area contributed by atoms with Crippen LogP contribution < -0.4 is 11.1 Å². The molecule has 0 spiro atoms. The molecule has 2 atom stereocenters. The first-order valence-electron chi connectivity index (χ1n) is 8.80. The summed E-state index contributed by atoms with van der Waals surface area (Å²) in [5.41, 5.74) is 9.65. The maximum absolute atomic E-state index is 12.3. The fraction of sp³-hybridized carbons (Fsp3) is 0.286. The summed E-state index contributed by atoms with van der Waals surface area (Å²) >= 11 is 0. The molecule has 4 nitrogen and oxygen atoms in total. The second-order valence-corrected chi connectivity index (χ2v) is 6.48. The third-order valence-corrected chi connectivity index (χ3v) is 4.73. The number of aromatic amines is 1. The molecule has 2 unspecified atom stereocenters. The second kappa shape index (κ2) is 7.99. The van der Waals surface area contributed by atoms with E-state index in [4.69, 9.17) is 5.73 Å². The molecule has 0 aliphatic carbocycles. The lowest BCUT2D eigenvalue weighted by Crippen LogP contribution is -2.36. The Morgan fingerprint density at radius 2 is 1.84 bits per heavy atom. The van der Waals surface area contributed by atoms with Crippen LogP contribution in [0.3, 0.4) is 0 Å². The van der Waals surface area contributed by atoms with Gasteiger partial charge in [-0.05, 0) is 30.0 Å². The molecule has 0 aliphatic heterocycles. The van der Waals surface area contributed by atoms with Crippen LogP contribution in [0.1, 0.15) is 30.5 Å².